The summed E-state index contributed by atoms with van der Waals surface area (Å²) in [6.45, 7) is 1.73. The fourth-order valence-electron chi connectivity index (χ4n) is 3.36. The van der Waals surface area contributed by atoms with Crippen molar-refractivity contribution in [3.8, 4) is 0 Å². The van der Waals surface area contributed by atoms with Gasteiger partial charge in [0, 0.05) is 26.1 Å². The normalized spacial score (nSPS) is 15.7. The fraction of sp³-hybridized carbons (Fsp3) is 0.364. The number of nitrogens with one attached hydrogen (secondary N) is 2. The molecule has 1 unspecified atom stereocenters. The molecule has 3 rings (SSSR count). The molecule has 142 valence electrons. The molecule has 2 N–H and O–H groups in total. The molecule has 1 saturated heterocycles. The Morgan fingerprint density at radius 2 is 1.67 bits per heavy atom. The molecule has 0 spiro atoms. The van der Waals surface area contributed by atoms with Crippen LogP contribution in [-0.4, -0.2) is 29.9 Å². The molecule has 5 nitrogen and oxygen atoms in total. The predicted octanol–water partition coefficient (Wildman–Crippen LogP) is 3.63. The number of hydrogen-bond acceptors (Lipinski definition) is 2. The number of hydrogen-bond donors (Lipinski definition) is 2. The summed E-state index contributed by atoms with van der Waals surface area (Å²) in [7, 11) is 0. The molecule has 2 aromatic rings. The zero-order valence-corrected chi connectivity index (χ0v) is 15.6. The van der Waals surface area contributed by atoms with Crippen molar-refractivity contribution in [2.24, 2.45) is 0 Å². The second-order valence-corrected chi connectivity index (χ2v) is 6.93. The standard InChI is InChI=1S/C22H27N3O2/c26-21-14-8-3-9-15-25(21)17-20(19-12-6-2-7-13-19)24-22(27)23-16-18-10-4-1-5-11-18/h1-2,4-7,10-13,20H,3,8-9,14-17H2,(H2,23,24,27). The van der Waals surface area contributed by atoms with Gasteiger partial charge >= 0.3 is 6.03 Å². The third kappa shape index (κ3) is 5.84. The van der Waals surface area contributed by atoms with Gasteiger partial charge < -0.3 is 15.5 Å². The van der Waals surface area contributed by atoms with Crippen molar-refractivity contribution in [1.82, 2.24) is 15.5 Å². The number of urea groups is 1. The highest BCUT2D eigenvalue weighted by molar-refractivity contribution is 5.77. The van der Waals surface area contributed by atoms with Crippen molar-refractivity contribution in [3.05, 3.63) is 71.8 Å². The average molecular weight is 365 g/mol. The first kappa shape index (κ1) is 19.0. The summed E-state index contributed by atoms with van der Waals surface area (Å²) in [5.41, 5.74) is 2.05. The summed E-state index contributed by atoms with van der Waals surface area (Å²) >= 11 is 0. The van der Waals surface area contributed by atoms with Gasteiger partial charge in [-0.25, -0.2) is 4.79 Å². The van der Waals surface area contributed by atoms with E-state index in [-0.39, 0.29) is 18.0 Å². The van der Waals surface area contributed by atoms with Gasteiger partial charge in [0.15, 0.2) is 0 Å². The van der Waals surface area contributed by atoms with Crippen LogP contribution in [0, 0.1) is 0 Å². The lowest BCUT2D eigenvalue weighted by Gasteiger charge is -2.27. The van der Waals surface area contributed by atoms with Crippen LogP contribution >= 0.6 is 0 Å². The molecular weight excluding hydrogens is 338 g/mol. The van der Waals surface area contributed by atoms with Crippen LogP contribution < -0.4 is 10.6 Å². The van der Waals surface area contributed by atoms with E-state index in [9.17, 15) is 9.59 Å². The highest BCUT2D eigenvalue weighted by Crippen LogP contribution is 2.18. The SMILES string of the molecule is O=C(NCc1ccccc1)NC(CN1CCCCCC1=O)c1ccccc1. The molecule has 1 fully saturated rings. The summed E-state index contributed by atoms with van der Waals surface area (Å²) in [5, 5.41) is 5.95. The topological polar surface area (TPSA) is 61.4 Å². The van der Waals surface area contributed by atoms with E-state index in [2.05, 4.69) is 10.6 Å². The van der Waals surface area contributed by atoms with E-state index in [1.807, 2.05) is 65.6 Å². The van der Waals surface area contributed by atoms with Gasteiger partial charge in [0.05, 0.1) is 6.04 Å². The Hall–Kier alpha value is -2.82. The zero-order chi connectivity index (χ0) is 18.9. The third-order valence-electron chi connectivity index (χ3n) is 4.88. The molecule has 0 aliphatic carbocycles. The van der Waals surface area contributed by atoms with Crippen LogP contribution in [-0.2, 0) is 11.3 Å². The lowest BCUT2D eigenvalue weighted by molar-refractivity contribution is -0.131. The first-order valence-corrected chi connectivity index (χ1v) is 9.63. The minimum absolute atomic E-state index is 0.180. The number of benzene rings is 2. The quantitative estimate of drug-likeness (QED) is 0.821. The van der Waals surface area contributed by atoms with Crippen molar-refractivity contribution >= 4 is 11.9 Å². The lowest BCUT2D eigenvalue weighted by Crippen LogP contribution is -2.44. The lowest BCUT2D eigenvalue weighted by atomic mass is 10.1. The molecule has 2 aromatic carbocycles. The number of likely N-dealkylation sites (tertiary alicyclic amines) is 1. The number of nitrogens with zero attached hydrogens (tertiary/aromatic N) is 1. The molecule has 0 saturated carbocycles. The van der Waals surface area contributed by atoms with Gasteiger partial charge in [-0.2, -0.15) is 0 Å². The van der Waals surface area contributed by atoms with Crippen LogP contribution in [0.1, 0.15) is 42.9 Å². The molecule has 0 aromatic heterocycles. The van der Waals surface area contributed by atoms with E-state index in [0.717, 1.165) is 36.9 Å². The van der Waals surface area contributed by atoms with Crippen molar-refractivity contribution < 1.29 is 9.59 Å². The van der Waals surface area contributed by atoms with Gasteiger partial charge in [-0.3, -0.25) is 4.79 Å². The number of amides is 3. The van der Waals surface area contributed by atoms with Crippen LogP contribution in [0.25, 0.3) is 0 Å². The Morgan fingerprint density at radius 1 is 0.963 bits per heavy atom. The highest BCUT2D eigenvalue weighted by atomic mass is 16.2. The molecule has 5 heteroatoms. The van der Waals surface area contributed by atoms with E-state index in [0.29, 0.717) is 19.5 Å². The summed E-state index contributed by atoms with van der Waals surface area (Å²) in [6, 6.07) is 19.2. The zero-order valence-electron chi connectivity index (χ0n) is 15.6. The van der Waals surface area contributed by atoms with Gasteiger partial charge in [-0.15, -0.1) is 0 Å². The Labute approximate surface area is 160 Å². The Bertz CT molecular complexity index is 734. The third-order valence-corrected chi connectivity index (χ3v) is 4.88. The van der Waals surface area contributed by atoms with Crippen molar-refractivity contribution in [2.45, 2.75) is 38.3 Å². The van der Waals surface area contributed by atoms with Crippen molar-refractivity contribution in [1.29, 1.82) is 0 Å². The Balaban J connectivity index is 1.64. The van der Waals surface area contributed by atoms with Crippen molar-refractivity contribution in [3.63, 3.8) is 0 Å². The fourth-order valence-corrected chi connectivity index (χ4v) is 3.36. The van der Waals surface area contributed by atoms with E-state index >= 15 is 0 Å². The Kier molecular flexibility index (Phi) is 6.85. The summed E-state index contributed by atoms with van der Waals surface area (Å²) < 4.78 is 0. The summed E-state index contributed by atoms with van der Waals surface area (Å²) in [4.78, 5) is 26.7. The molecule has 0 bridgehead atoms. The number of rotatable bonds is 6. The van der Waals surface area contributed by atoms with Gasteiger partial charge in [-0.1, -0.05) is 67.1 Å². The van der Waals surface area contributed by atoms with Gasteiger partial charge in [-0.05, 0) is 24.0 Å². The second kappa shape index (κ2) is 9.76. The first-order valence-electron chi connectivity index (χ1n) is 9.63. The van der Waals surface area contributed by atoms with Gasteiger partial charge in [0.2, 0.25) is 5.91 Å². The van der Waals surface area contributed by atoms with Crippen LogP contribution in [0.15, 0.2) is 60.7 Å². The van der Waals surface area contributed by atoms with Crippen LogP contribution in [0.4, 0.5) is 4.79 Å². The van der Waals surface area contributed by atoms with E-state index < -0.39 is 0 Å². The Morgan fingerprint density at radius 3 is 2.41 bits per heavy atom. The molecule has 0 radical (unpaired) electrons. The molecule has 3 amide bonds. The molecule has 1 heterocycles. The molecule has 1 atom stereocenters. The monoisotopic (exact) mass is 365 g/mol. The van der Waals surface area contributed by atoms with Crippen LogP contribution in [0.5, 0.6) is 0 Å². The van der Waals surface area contributed by atoms with Gasteiger partial charge in [0.25, 0.3) is 0 Å². The molecule has 27 heavy (non-hydrogen) atoms. The maximum absolute atomic E-state index is 12.5. The summed E-state index contributed by atoms with van der Waals surface area (Å²) in [6.07, 6.45) is 3.66. The van der Waals surface area contributed by atoms with Gasteiger partial charge in [0.1, 0.15) is 0 Å². The predicted molar refractivity (Wildman–Crippen MR) is 106 cm³/mol. The maximum atomic E-state index is 12.5. The van der Waals surface area contributed by atoms with E-state index in [1.165, 1.54) is 0 Å². The van der Waals surface area contributed by atoms with E-state index in [1.54, 1.807) is 0 Å². The highest BCUT2D eigenvalue weighted by Gasteiger charge is 2.23. The molecule has 1 aliphatic heterocycles. The minimum atomic E-state index is -0.232. The first-order chi connectivity index (χ1) is 13.2. The van der Waals surface area contributed by atoms with Crippen LogP contribution in [0.3, 0.4) is 0 Å². The average Bonchev–Trinajstić information content (AvgIpc) is 2.91. The largest absolute Gasteiger partial charge is 0.340 e. The van der Waals surface area contributed by atoms with Crippen LogP contribution in [0.2, 0.25) is 0 Å². The number of carbonyl (C=O) groups is 2. The van der Waals surface area contributed by atoms with E-state index in [4.69, 9.17) is 0 Å². The van der Waals surface area contributed by atoms with Crippen molar-refractivity contribution in [2.75, 3.05) is 13.1 Å². The maximum Gasteiger partial charge on any atom is 0.315 e. The second-order valence-electron chi connectivity index (χ2n) is 6.93. The molecular formula is C22H27N3O2. The smallest absolute Gasteiger partial charge is 0.315 e. The summed E-state index contributed by atoms with van der Waals surface area (Å²) in [5.74, 6) is 0.180. The minimum Gasteiger partial charge on any atom is -0.340 e. The molecule has 1 aliphatic rings. The number of carbonyl (C=O) groups excluding carboxylic acids is 2.